The smallest absolute Gasteiger partial charge is 0.210 e. The van der Waals surface area contributed by atoms with Crippen molar-refractivity contribution in [3.63, 3.8) is 0 Å². The number of benzene rings is 1. The molecule has 0 atom stereocenters. The molecule has 0 radical (unpaired) electrons. The molecule has 1 aromatic rings. The summed E-state index contributed by atoms with van der Waals surface area (Å²) < 4.78 is 9.36. The number of methoxy groups -OCH3 is 2. The quantitative estimate of drug-likeness (QED) is 0.388. The monoisotopic (exact) mass is 214 g/mol. The predicted octanol–water partition coefficient (Wildman–Crippen LogP) is 0.633. The third kappa shape index (κ3) is 1.50. The van der Waals surface area contributed by atoms with Gasteiger partial charge >= 0.3 is 0 Å². The molecule has 3 N–H and O–H groups in total. The fourth-order valence-electron chi connectivity index (χ4n) is 1.19. The molecule has 0 aromatic heterocycles. The maximum absolute atomic E-state index is 10.6. The average molecular weight is 214 g/mol. The van der Waals surface area contributed by atoms with E-state index < -0.39 is 17.2 Å². The molecule has 1 aromatic carbocycles. The van der Waals surface area contributed by atoms with E-state index in [1.165, 1.54) is 14.2 Å². The third-order valence-electron chi connectivity index (χ3n) is 1.90. The Morgan fingerprint density at radius 2 is 1.47 bits per heavy atom. The zero-order chi connectivity index (χ0) is 11.6. The number of carbonyl (C=O) groups excluding carboxylic acids is 1. The van der Waals surface area contributed by atoms with Crippen LogP contribution in [0, 0.1) is 0 Å². The van der Waals surface area contributed by atoms with Crippen LogP contribution >= 0.6 is 0 Å². The van der Waals surface area contributed by atoms with Crippen LogP contribution < -0.4 is 9.47 Å². The first-order valence-corrected chi connectivity index (χ1v) is 3.92. The van der Waals surface area contributed by atoms with Crippen LogP contribution in [0.4, 0.5) is 0 Å². The first-order valence-electron chi connectivity index (χ1n) is 3.92. The second kappa shape index (κ2) is 3.95. The van der Waals surface area contributed by atoms with E-state index in [1.54, 1.807) is 0 Å². The van der Waals surface area contributed by atoms with Crippen LogP contribution in [0.15, 0.2) is 0 Å². The van der Waals surface area contributed by atoms with Gasteiger partial charge in [-0.25, -0.2) is 0 Å². The second-order valence-corrected chi connectivity index (χ2v) is 2.64. The number of hydrogen-bond acceptors (Lipinski definition) is 6. The van der Waals surface area contributed by atoms with Gasteiger partial charge in [0, 0.05) is 0 Å². The summed E-state index contributed by atoms with van der Waals surface area (Å²) in [5.41, 5.74) is -0.340. The lowest BCUT2D eigenvalue weighted by Gasteiger charge is -2.13. The van der Waals surface area contributed by atoms with Crippen molar-refractivity contribution < 1.29 is 29.6 Å². The molecular formula is C9H10O6. The van der Waals surface area contributed by atoms with E-state index in [-0.39, 0.29) is 23.3 Å². The highest BCUT2D eigenvalue weighted by molar-refractivity contribution is 5.89. The van der Waals surface area contributed by atoms with Crippen LogP contribution in [-0.2, 0) is 0 Å². The van der Waals surface area contributed by atoms with E-state index in [0.29, 0.717) is 0 Å². The van der Waals surface area contributed by atoms with Crippen LogP contribution in [0.25, 0.3) is 0 Å². The van der Waals surface area contributed by atoms with E-state index in [4.69, 9.17) is 4.74 Å². The Kier molecular flexibility index (Phi) is 2.89. The molecule has 0 bridgehead atoms. The lowest BCUT2D eigenvalue weighted by molar-refractivity contribution is 0.111. The zero-order valence-corrected chi connectivity index (χ0v) is 8.14. The van der Waals surface area contributed by atoms with Gasteiger partial charge < -0.3 is 24.8 Å². The lowest BCUT2D eigenvalue weighted by atomic mass is 10.1. The highest BCUT2D eigenvalue weighted by atomic mass is 16.5. The summed E-state index contributed by atoms with van der Waals surface area (Å²) in [5, 5.41) is 28.3. The van der Waals surface area contributed by atoms with Crippen LogP contribution in [0.1, 0.15) is 10.4 Å². The molecule has 0 saturated carbocycles. The second-order valence-electron chi connectivity index (χ2n) is 2.64. The van der Waals surface area contributed by atoms with Gasteiger partial charge in [0.05, 0.1) is 14.2 Å². The fraction of sp³-hybridized carbons (Fsp3) is 0.222. The maximum Gasteiger partial charge on any atom is 0.210 e. The molecule has 6 nitrogen and oxygen atoms in total. The minimum absolute atomic E-state index is 0.253. The Morgan fingerprint density at radius 1 is 0.933 bits per heavy atom. The summed E-state index contributed by atoms with van der Waals surface area (Å²) in [4.78, 5) is 10.6. The highest BCUT2D eigenvalue weighted by Gasteiger charge is 2.24. The molecule has 0 heterocycles. The standard InChI is InChI=1S/C9H10O6/c1-14-8-4(3-10)5(11)6(12)9(15-2)7(8)13/h3,11-13H,1-2H3. The van der Waals surface area contributed by atoms with Crippen molar-refractivity contribution in [2.45, 2.75) is 0 Å². The molecule has 15 heavy (non-hydrogen) atoms. The van der Waals surface area contributed by atoms with Crippen LogP contribution in [0.2, 0.25) is 0 Å². The van der Waals surface area contributed by atoms with Crippen molar-refractivity contribution in [1.29, 1.82) is 0 Å². The summed E-state index contributed by atoms with van der Waals surface area (Å²) >= 11 is 0. The average Bonchev–Trinajstić information content (AvgIpc) is 2.23. The Bertz CT molecular complexity index is 398. The number of aldehydes is 1. The SMILES string of the molecule is COc1c(O)c(O)c(C=O)c(OC)c1O. The molecule has 0 spiro atoms. The number of phenols is 3. The van der Waals surface area contributed by atoms with Gasteiger partial charge in [0.2, 0.25) is 17.2 Å². The van der Waals surface area contributed by atoms with Gasteiger partial charge in [-0.3, -0.25) is 4.79 Å². The molecule has 1 rings (SSSR count). The summed E-state index contributed by atoms with van der Waals surface area (Å²) in [7, 11) is 2.40. The molecule has 0 saturated heterocycles. The largest absolute Gasteiger partial charge is 0.504 e. The molecule has 0 fully saturated rings. The van der Waals surface area contributed by atoms with Crippen molar-refractivity contribution in [3.05, 3.63) is 5.56 Å². The Balaban J connectivity index is 3.64. The Morgan fingerprint density at radius 3 is 1.87 bits per heavy atom. The lowest BCUT2D eigenvalue weighted by Crippen LogP contribution is -1.95. The van der Waals surface area contributed by atoms with Gasteiger partial charge in [-0.05, 0) is 0 Å². The van der Waals surface area contributed by atoms with Gasteiger partial charge in [0.25, 0.3) is 0 Å². The van der Waals surface area contributed by atoms with E-state index in [2.05, 4.69) is 4.74 Å². The molecule has 82 valence electrons. The zero-order valence-electron chi connectivity index (χ0n) is 8.14. The van der Waals surface area contributed by atoms with Crippen molar-refractivity contribution in [2.75, 3.05) is 14.2 Å². The number of phenolic OH excluding ortho intramolecular Hbond substituents is 3. The van der Waals surface area contributed by atoms with Gasteiger partial charge in [-0.1, -0.05) is 0 Å². The molecular weight excluding hydrogens is 204 g/mol. The number of rotatable bonds is 3. The first kappa shape index (κ1) is 11.0. The number of hydrogen-bond donors (Lipinski definition) is 3. The van der Waals surface area contributed by atoms with Crippen LogP contribution in [0.3, 0.4) is 0 Å². The van der Waals surface area contributed by atoms with Crippen molar-refractivity contribution in [3.8, 4) is 28.7 Å². The third-order valence-corrected chi connectivity index (χ3v) is 1.90. The van der Waals surface area contributed by atoms with E-state index >= 15 is 0 Å². The Labute approximate surface area is 85.3 Å². The molecule has 0 unspecified atom stereocenters. The molecule has 0 aliphatic carbocycles. The predicted molar refractivity (Wildman–Crippen MR) is 49.9 cm³/mol. The molecule has 6 heteroatoms. The topological polar surface area (TPSA) is 96.2 Å². The normalized spacial score (nSPS) is 9.73. The van der Waals surface area contributed by atoms with Crippen molar-refractivity contribution in [1.82, 2.24) is 0 Å². The van der Waals surface area contributed by atoms with Crippen molar-refractivity contribution >= 4 is 6.29 Å². The summed E-state index contributed by atoms with van der Waals surface area (Å²) in [6.07, 6.45) is 0.257. The van der Waals surface area contributed by atoms with Crippen LogP contribution in [0.5, 0.6) is 28.7 Å². The highest BCUT2D eigenvalue weighted by Crippen LogP contribution is 2.50. The number of ether oxygens (including phenoxy) is 2. The van der Waals surface area contributed by atoms with Gasteiger partial charge in [-0.15, -0.1) is 0 Å². The summed E-state index contributed by atoms with van der Waals surface area (Å²) in [6, 6.07) is 0. The minimum Gasteiger partial charge on any atom is -0.504 e. The van der Waals surface area contributed by atoms with E-state index in [0.717, 1.165) is 0 Å². The van der Waals surface area contributed by atoms with Crippen molar-refractivity contribution in [2.24, 2.45) is 0 Å². The van der Waals surface area contributed by atoms with Crippen LogP contribution in [-0.4, -0.2) is 35.8 Å². The van der Waals surface area contributed by atoms with Gasteiger partial charge in [0.1, 0.15) is 5.56 Å². The minimum atomic E-state index is -0.710. The van der Waals surface area contributed by atoms with Gasteiger partial charge in [-0.2, -0.15) is 0 Å². The Hall–Kier alpha value is -2.11. The summed E-state index contributed by atoms with van der Waals surface area (Å²) in [6.45, 7) is 0. The molecule has 0 aliphatic rings. The van der Waals surface area contributed by atoms with E-state index in [9.17, 15) is 20.1 Å². The number of carbonyl (C=O) groups is 1. The first-order chi connectivity index (χ1) is 7.08. The van der Waals surface area contributed by atoms with Gasteiger partial charge in [0.15, 0.2) is 17.8 Å². The van der Waals surface area contributed by atoms with E-state index in [1.807, 2.05) is 0 Å². The summed E-state index contributed by atoms with van der Waals surface area (Å²) in [5.74, 6) is -2.56. The molecule has 0 aliphatic heterocycles. The number of aromatic hydroxyl groups is 3. The molecule has 0 amide bonds. The maximum atomic E-state index is 10.6. The fourth-order valence-corrected chi connectivity index (χ4v) is 1.19.